The zero-order valence-corrected chi connectivity index (χ0v) is 16.9. The van der Waals surface area contributed by atoms with Crippen molar-refractivity contribution in [2.75, 3.05) is 5.32 Å². The first kappa shape index (κ1) is 18.9. The maximum absolute atomic E-state index is 13.0. The molecule has 8 heteroatoms. The van der Waals surface area contributed by atoms with Crippen LogP contribution in [-0.4, -0.2) is 20.7 Å². The first-order valence-corrected chi connectivity index (χ1v) is 9.84. The topological polar surface area (TPSA) is 63.3 Å². The lowest BCUT2D eigenvalue weighted by Crippen LogP contribution is -2.34. The lowest BCUT2D eigenvalue weighted by atomic mass is 10.2. The number of hydrogen-bond donors (Lipinski definition) is 1. The molecule has 4 rings (SSSR count). The highest BCUT2D eigenvalue weighted by molar-refractivity contribution is 6.42. The molecule has 0 atom stereocenters. The summed E-state index contributed by atoms with van der Waals surface area (Å²) in [4.78, 5) is 14.7. The molecule has 2 amide bonds. The molecule has 0 unspecified atom stereocenters. The number of hydrogen-bond acceptors (Lipinski definition) is 3. The van der Waals surface area contributed by atoms with Crippen LogP contribution in [0.1, 0.15) is 29.1 Å². The van der Waals surface area contributed by atoms with E-state index >= 15 is 0 Å². The van der Waals surface area contributed by atoms with Gasteiger partial charge in [-0.2, -0.15) is 5.10 Å². The summed E-state index contributed by atoms with van der Waals surface area (Å²) in [5.41, 5.74) is 4.04. The molecule has 146 valence electrons. The van der Waals surface area contributed by atoms with Crippen molar-refractivity contribution in [2.45, 2.75) is 32.4 Å². The fraction of sp³-hybridized carbons (Fsp3) is 0.300. The van der Waals surface area contributed by atoms with Gasteiger partial charge in [0.15, 0.2) is 0 Å². The Kier molecular flexibility index (Phi) is 5.33. The van der Waals surface area contributed by atoms with E-state index in [9.17, 15) is 4.79 Å². The zero-order valence-electron chi connectivity index (χ0n) is 15.4. The number of nitrogens with zero attached hydrogens (tertiary/aromatic N) is 3. The molecule has 0 saturated carbocycles. The highest BCUT2D eigenvalue weighted by Gasteiger charge is 2.25. The number of rotatable bonds is 5. The Morgan fingerprint density at radius 3 is 2.86 bits per heavy atom. The summed E-state index contributed by atoms with van der Waals surface area (Å²) in [6, 6.07) is 8.40. The van der Waals surface area contributed by atoms with E-state index in [-0.39, 0.29) is 6.03 Å². The Hall–Kier alpha value is -2.44. The molecule has 2 heterocycles. The SMILES string of the molecule is Cn1nc(CN(Cc2ccco2)C(=O)Nc2ccc(Cl)c(Cl)c2)c2c1CCC2. The van der Waals surface area contributed by atoms with Gasteiger partial charge in [0.2, 0.25) is 0 Å². The number of nitrogens with one attached hydrogen (secondary N) is 1. The number of urea groups is 1. The molecule has 28 heavy (non-hydrogen) atoms. The van der Waals surface area contributed by atoms with Crippen molar-refractivity contribution in [3.05, 3.63) is 69.4 Å². The lowest BCUT2D eigenvalue weighted by Gasteiger charge is -2.22. The zero-order chi connectivity index (χ0) is 19.7. The summed E-state index contributed by atoms with van der Waals surface area (Å²) in [7, 11) is 1.96. The van der Waals surface area contributed by atoms with Gasteiger partial charge in [-0.3, -0.25) is 4.68 Å². The number of amides is 2. The van der Waals surface area contributed by atoms with E-state index in [0.29, 0.717) is 34.6 Å². The maximum atomic E-state index is 13.0. The average Bonchev–Trinajstić information content (AvgIpc) is 3.39. The molecule has 3 aromatic rings. The van der Waals surface area contributed by atoms with Gasteiger partial charge in [0, 0.05) is 18.4 Å². The number of furan rings is 1. The second-order valence-corrected chi connectivity index (χ2v) is 7.66. The fourth-order valence-corrected chi connectivity index (χ4v) is 3.87. The van der Waals surface area contributed by atoms with Crippen molar-refractivity contribution >= 4 is 34.9 Å². The second kappa shape index (κ2) is 7.89. The summed E-state index contributed by atoms with van der Waals surface area (Å²) in [5.74, 6) is 0.705. The second-order valence-electron chi connectivity index (χ2n) is 6.84. The van der Waals surface area contributed by atoms with Crippen molar-refractivity contribution < 1.29 is 9.21 Å². The van der Waals surface area contributed by atoms with Crippen LogP contribution < -0.4 is 5.32 Å². The number of aryl methyl sites for hydroxylation is 1. The molecule has 1 aromatic carbocycles. The molecule has 0 radical (unpaired) electrons. The molecular weight excluding hydrogens is 399 g/mol. The number of carbonyl (C=O) groups excluding carboxylic acids is 1. The molecule has 6 nitrogen and oxygen atoms in total. The Labute approximate surface area is 173 Å². The predicted octanol–water partition coefficient (Wildman–Crippen LogP) is 5.04. The van der Waals surface area contributed by atoms with E-state index in [1.165, 1.54) is 11.3 Å². The summed E-state index contributed by atoms with van der Waals surface area (Å²) < 4.78 is 7.38. The summed E-state index contributed by atoms with van der Waals surface area (Å²) >= 11 is 12.0. The number of anilines is 1. The fourth-order valence-electron chi connectivity index (χ4n) is 3.57. The Morgan fingerprint density at radius 1 is 1.25 bits per heavy atom. The van der Waals surface area contributed by atoms with Crippen molar-refractivity contribution in [3.8, 4) is 0 Å². The predicted molar refractivity (Wildman–Crippen MR) is 109 cm³/mol. The van der Waals surface area contributed by atoms with Gasteiger partial charge in [0.1, 0.15) is 5.76 Å². The number of benzene rings is 1. The Balaban J connectivity index is 1.57. The molecule has 1 aliphatic rings. The van der Waals surface area contributed by atoms with Gasteiger partial charge in [0.25, 0.3) is 0 Å². The standard InChI is InChI=1S/C20H20Cl2N4O2/c1-25-19-6-2-5-15(19)18(24-25)12-26(11-14-4-3-9-28-14)20(27)23-13-7-8-16(21)17(22)10-13/h3-4,7-10H,2,5-6,11-12H2,1H3,(H,23,27). The highest BCUT2D eigenvalue weighted by atomic mass is 35.5. The van der Waals surface area contributed by atoms with Gasteiger partial charge in [-0.05, 0) is 55.2 Å². The van der Waals surface area contributed by atoms with Gasteiger partial charge in [-0.1, -0.05) is 23.2 Å². The molecule has 0 fully saturated rings. The largest absolute Gasteiger partial charge is 0.467 e. The van der Waals surface area contributed by atoms with Crippen LogP contribution >= 0.6 is 23.2 Å². The van der Waals surface area contributed by atoms with E-state index in [0.717, 1.165) is 25.0 Å². The number of aromatic nitrogens is 2. The number of carbonyl (C=O) groups is 1. The summed E-state index contributed by atoms with van der Waals surface area (Å²) in [5, 5.41) is 8.36. The lowest BCUT2D eigenvalue weighted by molar-refractivity contribution is 0.200. The van der Waals surface area contributed by atoms with Crippen molar-refractivity contribution in [1.82, 2.24) is 14.7 Å². The Morgan fingerprint density at radius 2 is 2.11 bits per heavy atom. The average molecular weight is 419 g/mol. The third-order valence-electron chi connectivity index (χ3n) is 4.92. The van der Waals surface area contributed by atoms with Gasteiger partial charge < -0.3 is 14.6 Å². The minimum atomic E-state index is -0.257. The van der Waals surface area contributed by atoms with E-state index in [4.69, 9.17) is 27.6 Å². The minimum absolute atomic E-state index is 0.257. The van der Waals surface area contributed by atoms with Crippen LogP contribution in [0, 0.1) is 0 Å². The van der Waals surface area contributed by atoms with E-state index in [1.54, 1.807) is 29.4 Å². The Bertz CT molecular complexity index is 998. The molecule has 0 saturated heterocycles. The molecule has 0 aliphatic heterocycles. The first-order valence-electron chi connectivity index (χ1n) is 9.08. The van der Waals surface area contributed by atoms with Crippen molar-refractivity contribution in [1.29, 1.82) is 0 Å². The highest BCUT2D eigenvalue weighted by Crippen LogP contribution is 2.27. The van der Waals surface area contributed by atoms with Crippen LogP contribution in [0.3, 0.4) is 0 Å². The first-order chi connectivity index (χ1) is 13.5. The van der Waals surface area contributed by atoms with Crippen molar-refractivity contribution in [2.24, 2.45) is 7.05 Å². The monoisotopic (exact) mass is 418 g/mol. The molecule has 1 N–H and O–H groups in total. The van der Waals surface area contributed by atoms with Crippen LogP contribution in [0.2, 0.25) is 10.0 Å². The van der Waals surface area contributed by atoms with E-state index in [2.05, 4.69) is 10.4 Å². The number of halogens is 2. The smallest absolute Gasteiger partial charge is 0.322 e. The molecule has 0 spiro atoms. The quantitative estimate of drug-likeness (QED) is 0.630. The van der Waals surface area contributed by atoms with Crippen LogP contribution in [0.25, 0.3) is 0 Å². The van der Waals surface area contributed by atoms with Gasteiger partial charge >= 0.3 is 6.03 Å². The normalized spacial score (nSPS) is 12.8. The molecular formula is C20H20Cl2N4O2. The maximum Gasteiger partial charge on any atom is 0.322 e. The van der Waals surface area contributed by atoms with Crippen LogP contribution in [0.5, 0.6) is 0 Å². The third-order valence-corrected chi connectivity index (χ3v) is 5.66. The van der Waals surface area contributed by atoms with Crippen molar-refractivity contribution in [3.63, 3.8) is 0 Å². The van der Waals surface area contributed by atoms with Crippen LogP contribution in [0.4, 0.5) is 10.5 Å². The van der Waals surface area contributed by atoms with Gasteiger partial charge in [-0.25, -0.2) is 4.79 Å². The number of fused-ring (bicyclic) bond motifs is 1. The minimum Gasteiger partial charge on any atom is -0.467 e. The molecule has 2 aromatic heterocycles. The van der Waals surface area contributed by atoms with Crippen LogP contribution in [-0.2, 0) is 33.0 Å². The van der Waals surface area contributed by atoms with Gasteiger partial charge in [-0.15, -0.1) is 0 Å². The van der Waals surface area contributed by atoms with Crippen LogP contribution in [0.15, 0.2) is 41.0 Å². The summed E-state index contributed by atoms with van der Waals surface area (Å²) in [6.07, 6.45) is 4.76. The van der Waals surface area contributed by atoms with Gasteiger partial charge in [0.05, 0.1) is 35.1 Å². The third kappa shape index (κ3) is 3.88. The molecule has 0 bridgehead atoms. The summed E-state index contributed by atoms with van der Waals surface area (Å²) in [6.45, 7) is 0.739. The molecule has 1 aliphatic carbocycles. The van der Waals surface area contributed by atoms with E-state index in [1.807, 2.05) is 23.9 Å². The van der Waals surface area contributed by atoms with E-state index < -0.39 is 0 Å².